The van der Waals surface area contributed by atoms with Gasteiger partial charge in [0.05, 0.1) is 11.6 Å². The second-order valence-electron chi connectivity index (χ2n) is 6.31. The van der Waals surface area contributed by atoms with Gasteiger partial charge in [-0.25, -0.2) is 4.98 Å². The number of alkyl halides is 1. The summed E-state index contributed by atoms with van der Waals surface area (Å²) in [6.45, 7) is 0. The van der Waals surface area contributed by atoms with Crippen molar-refractivity contribution < 1.29 is 4.39 Å². The molecule has 1 heterocycles. The van der Waals surface area contributed by atoms with Crippen molar-refractivity contribution in [2.75, 3.05) is 0 Å². The molecule has 0 saturated heterocycles. The quantitative estimate of drug-likeness (QED) is 0.327. The Morgan fingerprint density at radius 1 is 0.741 bits per heavy atom. The number of halogens is 2. The first-order valence-electron chi connectivity index (χ1n) is 8.73. The van der Waals surface area contributed by atoms with Gasteiger partial charge >= 0.3 is 0 Å². The summed E-state index contributed by atoms with van der Waals surface area (Å²) in [4.78, 5) is 4.04. The summed E-state index contributed by atoms with van der Waals surface area (Å²) in [5, 5.41) is 0. The number of hydrogen-bond acceptors (Lipinski definition) is 1. The Labute approximate surface area is 162 Å². The van der Waals surface area contributed by atoms with E-state index in [1.807, 2.05) is 91.0 Å². The predicted octanol–water partition coefficient (Wildman–Crippen LogP) is 5.60. The van der Waals surface area contributed by atoms with E-state index in [1.165, 1.54) is 0 Å². The van der Waals surface area contributed by atoms with Gasteiger partial charge in [-0.05, 0) is 16.7 Å². The summed E-state index contributed by atoms with van der Waals surface area (Å²) in [5.41, 5.74) is 2.44. The Morgan fingerprint density at radius 3 is 1.48 bits per heavy atom. The monoisotopic (exact) mass is 376 g/mol. The van der Waals surface area contributed by atoms with Gasteiger partial charge in [0.25, 0.3) is 6.08 Å². The average Bonchev–Trinajstić information content (AvgIpc) is 3.12. The molecule has 0 saturated carbocycles. The van der Waals surface area contributed by atoms with Gasteiger partial charge in [-0.1, -0.05) is 91.0 Å². The zero-order chi connectivity index (χ0) is 18.7. The lowest BCUT2D eigenvalue weighted by Gasteiger charge is -2.37. The molecule has 0 unspecified atom stereocenters. The van der Waals surface area contributed by atoms with Crippen molar-refractivity contribution in [3.05, 3.63) is 126 Å². The molecule has 2 nitrogen and oxygen atoms in total. The molecule has 4 aromatic rings. The van der Waals surface area contributed by atoms with E-state index in [-0.39, 0.29) is 5.88 Å². The Balaban J connectivity index is 2.14. The summed E-state index contributed by atoms with van der Waals surface area (Å²) < 4.78 is 16.7. The third-order valence-corrected chi connectivity index (χ3v) is 5.06. The number of rotatable bonds is 5. The van der Waals surface area contributed by atoms with E-state index in [0.717, 1.165) is 16.7 Å². The van der Waals surface area contributed by atoms with Crippen molar-refractivity contribution in [3.8, 4) is 0 Å². The third kappa shape index (κ3) is 2.94. The first kappa shape index (κ1) is 17.5. The van der Waals surface area contributed by atoms with E-state index in [2.05, 4.69) is 4.98 Å². The Morgan fingerprint density at radius 2 is 1.15 bits per heavy atom. The van der Waals surface area contributed by atoms with Crippen molar-refractivity contribution in [1.29, 1.82) is 0 Å². The van der Waals surface area contributed by atoms with Crippen molar-refractivity contribution >= 4 is 11.6 Å². The molecule has 0 radical (unpaired) electrons. The molecule has 0 aliphatic heterocycles. The molecular formula is C23H18ClFN2. The van der Waals surface area contributed by atoms with Crippen LogP contribution in [0.3, 0.4) is 0 Å². The number of imidazole rings is 1. The van der Waals surface area contributed by atoms with E-state index in [9.17, 15) is 0 Å². The van der Waals surface area contributed by atoms with Gasteiger partial charge in [0.15, 0.2) is 0 Å². The van der Waals surface area contributed by atoms with Gasteiger partial charge in [0, 0.05) is 6.20 Å². The minimum Gasteiger partial charge on any atom is -0.289 e. The smallest absolute Gasteiger partial charge is 0.289 e. The summed E-state index contributed by atoms with van der Waals surface area (Å²) >= 11 is 5.96. The summed E-state index contributed by atoms with van der Waals surface area (Å²) in [5.74, 6) is 0.151. The first-order valence-corrected chi connectivity index (χ1v) is 9.27. The molecule has 3 aromatic carbocycles. The first-order chi connectivity index (χ1) is 13.3. The molecular weight excluding hydrogens is 359 g/mol. The van der Waals surface area contributed by atoms with Crippen molar-refractivity contribution in [3.63, 3.8) is 0 Å². The van der Waals surface area contributed by atoms with Gasteiger partial charge in [0.2, 0.25) is 0 Å². The maximum Gasteiger partial charge on any atom is 0.290 e. The molecule has 0 atom stereocenters. The van der Waals surface area contributed by atoms with Crippen LogP contribution in [0.5, 0.6) is 0 Å². The van der Waals surface area contributed by atoms with Crippen molar-refractivity contribution in [2.45, 2.75) is 11.4 Å². The normalized spacial score (nSPS) is 11.5. The SMILES string of the molecule is Fc1nc(CCl)cn1C(c1ccccc1)(c1ccccc1)c1ccccc1. The maximum atomic E-state index is 15.1. The van der Waals surface area contributed by atoms with Crippen LogP contribution in [0.25, 0.3) is 0 Å². The topological polar surface area (TPSA) is 17.8 Å². The Kier molecular flexibility index (Phi) is 4.78. The van der Waals surface area contributed by atoms with Crippen LogP contribution in [0.1, 0.15) is 22.4 Å². The van der Waals surface area contributed by atoms with Crippen LogP contribution < -0.4 is 0 Å². The van der Waals surface area contributed by atoms with Crippen LogP contribution >= 0.6 is 11.6 Å². The number of nitrogens with zero attached hydrogens (tertiary/aromatic N) is 2. The molecule has 1 aromatic heterocycles. The van der Waals surface area contributed by atoms with Crippen molar-refractivity contribution in [1.82, 2.24) is 9.55 Å². The molecule has 0 amide bonds. The molecule has 0 bridgehead atoms. The third-order valence-electron chi connectivity index (χ3n) is 4.79. The summed E-state index contributed by atoms with van der Waals surface area (Å²) in [6.07, 6.45) is 1.14. The van der Waals surface area contributed by atoms with Gasteiger partial charge in [-0.15, -0.1) is 11.6 Å². The van der Waals surface area contributed by atoms with Crippen LogP contribution in [-0.4, -0.2) is 9.55 Å². The fraction of sp³-hybridized carbons (Fsp3) is 0.0870. The molecule has 4 rings (SSSR count). The van der Waals surface area contributed by atoms with Crippen molar-refractivity contribution in [2.24, 2.45) is 0 Å². The van der Waals surface area contributed by atoms with Gasteiger partial charge in [-0.2, -0.15) is 4.39 Å². The Bertz CT molecular complexity index is 918. The van der Waals surface area contributed by atoms with Gasteiger partial charge in [-0.3, -0.25) is 4.57 Å². The molecule has 0 aliphatic rings. The lowest BCUT2D eigenvalue weighted by atomic mass is 9.76. The van der Waals surface area contributed by atoms with E-state index in [4.69, 9.17) is 11.6 Å². The average molecular weight is 377 g/mol. The van der Waals surface area contributed by atoms with E-state index in [0.29, 0.717) is 5.69 Å². The summed E-state index contributed by atoms with van der Waals surface area (Å²) in [7, 11) is 0. The maximum absolute atomic E-state index is 15.1. The zero-order valence-electron chi connectivity index (χ0n) is 14.6. The number of benzene rings is 3. The molecule has 27 heavy (non-hydrogen) atoms. The lowest BCUT2D eigenvalue weighted by Crippen LogP contribution is -2.38. The minimum absolute atomic E-state index is 0.151. The second kappa shape index (κ2) is 7.37. The molecule has 0 spiro atoms. The van der Waals surface area contributed by atoms with E-state index >= 15 is 4.39 Å². The molecule has 0 N–H and O–H groups in total. The fourth-order valence-electron chi connectivity index (χ4n) is 3.66. The highest BCUT2D eigenvalue weighted by molar-refractivity contribution is 6.16. The number of hydrogen-bond donors (Lipinski definition) is 0. The number of aromatic nitrogens is 2. The van der Waals surface area contributed by atoms with Gasteiger partial charge in [0.1, 0.15) is 5.54 Å². The highest BCUT2D eigenvalue weighted by Gasteiger charge is 2.40. The highest BCUT2D eigenvalue weighted by atomic mass is 35.5. The van der Waals surface area contributed by atoms with Crippen LogP contribution in [0.15, 0.2) is 97.2 Å². The molecule has 4 heteroatoms. The minimum atomic E-state index is -0.898. The molecule has 134 valence electrons. The molecule has 0 aliphatic carbocycles. The van der Waals surface area contributed by atoms with Gasteiger partial charge < -0.3 is 0 Å². The fourth-order valence-corrected chi connectivity index (χ4v) is 3.79. The predicted molar refractivity (Wildman–Crippen MR) is 106 cm³/mol. The van der Waals surface area contributed by atoms with E-state index in [1.54, 1.807) is 10.8 Å². The second-order valence-corrected chi connectivity index (χ2v) is 6.58. The Hall–Kier alpha value is -2.91. The summed E-state index contributed by atoms with van der Waals surface area (Å²) in [6, 6.07) is 29.7. The molecule has 0 fully saturated rings. The largest absolute Gasteiger partial charge is 0.290 e. The van der Waals surface area contributed by atoms with Crippen LogP contribution in [-0.2, 0) is 11.4 Å². The van der Waals surface area contributed by atoms with E-state index < -0.39 is 11.6 Å². The zero-order valence-corrected chi connectivity index (χ0v) is 15.4. The highest BCUT2D eigenvalue weighted by Crippen LogP contribution is 2.41. The van der Waals surface area contributed by atoms with Crippen LogP contribution in [0.2, 0.25) is 0 Å². The van der Waals surface area contributed by atoms with Crippen LogP contribution in [0, 0.1) is 6.08 Å². The van der Waals surface area contributed by atoms with Crippen LogP contribution in [0.4, 0.5) is 4.39 Å². The standard InChI is InChI=1S/C23H18ClFN2/c24-16-21-17-27(22(25)26-21)23(18-10-4-1-5-11-18,19-12-6-2-7-13-19)20-14-8-3-9-15-20/h1-15,17H,16H2. The lowest BCUT2D eigenvalue weighted by molar-refractivity contribution is 0.397.